The number of aliphatic hydroxyl groups is 12. The zero-order chi connectivity index (χ0) is 51.3. The molecular weight excluding hydrogens is 953 g/mol. The minimum Gasteiger partial charge on any atom is -0.394 e. The fraction of sp³-hybridized carbons (Fsp3) is 1.00. The molecule has 0 aromatic carbocycles. The molecule has 414 valence electrons. The van der Waals surface area contributed by atoms with Crippen LogP contribution in [0.2, 0.25) is 0 Å². The summed E-state index contributed by atoms with van der Waals surface area (Å²) in [7, 11) is 0. The molecule has 6 heterocycles. The number of rotatable bonds is 11. The zero-order valence-electron chi connectivity index (χ0n) is 41.7. The molecule has 22 heteroatoms. The summed E-state index contributed by atoms with van der Waals surface area (Å²) in [6.45, 7) is 7.55. The Bertz CT molecular complexity index is 1830. The third-order valence-corrected chi connectivity index (χ3v) is 20.0. The van der Waals surface area contributed by atoms with Crippen molar-refractivity contribution in [2.75, 3.05) is 33.0 Å². The van der Waals surface area contributed by atoms with Gasteiger partial charge in [-0.3, -0.25) is 0 Å². The maximum Gasteiger partial charge on any atom is 0.187 e. The molecule has 22 nitrogen and oxygen atoms in total. The van der Waals surface area contributed by atoms with Crippen LogP contribution in [0.1, 0.15) is 91.9 Å². The zero-order valence-corrected chi connectivity index (χ0v) is 41.7. The molecular formula is C50H82O22. The van der Waals surface area contributed by atoms with E-state index in [9.17, 15) is 61.3 Å². The average molecular weight is 1040 g/mol. The first kappa shape index (κ1) is 54.5. The van der Waals surface area contributed by atoms with E-state index in [0.29, 0.717) is 41.4 Å². The highest BCUT2D eigenvalue weighted by molar-refractivity contribution is 5.15. The van der Waals surface area contributed by atoms with Crippen LogP contribution in [0.25, 0.3) is 0 Å². The van der Waals surface area contributed by atoms with E-state index in [-0.39, 0.29) is 23.0 Å². The maximum atomic E-state index is 11.6. The third-order valence-electron chi connectivity index (χ3n) is 20.0. The topological polar surface area (TPSA) is 335 Å². The average Bonchev–Trinajstić information content (AvgIpc) is 3.82. The van der Waals surface area contributed by atoms with Crippen molar-refractivity contribution in [3.05, 3.63) is 0 Å². The van der Waals surface area contributed by atoms with Crippen molar-refractivity contribution in [3.63, 3.8) is 0 Å². The minimum absolute atomic E-state index is 0.114. The van der Waals surface area contributed by atoms with Crippen molar-refractivity contribution < 1.29 is 109 Å². The molecule has 6 saturated heterocycles. The molecule has 1 spiro atoms. The van der Waals surface area contributed by atoms with E-state index in [4.69, 9.17) is 47.4 Å². The van der Waals surface area contributed by atoms with Crippen molar-refractivity contribution in [1.29, 1.82) is 0 Å². The number of hydrogen-bond donors (Lipinski definition) is 12. The first-order valence-corrected chi connectivity index (χ1v) is 26.7. The van der Waals surface area contributed by atoms with Crippen molar-refractivity contribution in [1.82, 2.24) is 0 Å². The Morgan fingerprint density at radius 3 is 1.83 bits per heavy atom. The molecule has 31 atom stereocenters. The lowest BCUT2D eigenvalue weighted by Crippen LogP contribution is -2.67. The number of fused-ring (bicyclic) bond motifs is 7. The smallest absolute Gasteiger partial charge is 0.187 e. The molecule has 0 aromatic rings. The summed E-state index contributed by atoms with van der Waals surface area (Å²) in [6, 6.07) is 0. The Kier molecular flexibility index (Phi) is 15.9. The van der Waals surface area contributed by atoms with E-state index in [1.165, 1.54) is 12.8 Å². The standard InChI is InChI=1S/C50H82O22/c1-20-7-12-50(64-18-20)21(2)32-28(72-50)14-26-24-6-5-22-13-23(8-10-48(22,3)25(24)9-11-49(26,32)4)65-44-39(61)37(59)41(31(17-53)68-44)69-47-43(33(55)27(54)19-63-47)71-46-40(62)42(35(57)30(16-52)67-46)70-45-38(60)36(58)34(56)29(15-51)66-45/h20-47,51-62H,5-19H2,1-4H3/t20-,21+,22+,23+,24-,25+,26+,27-,28+,29-,30-,31-,32+,33+,34-,35-,36+,37-,38-,39-,40-,41+,42+,43-,44-,45+,46+,47+,48+,49+,50-/m1/s1. The van der Waals surface area contributed by atoms with Crippen molar-refractivity contribution >= 4 is 0 Å². The summed E-state index contributed by atoms with van der Waals surface area (Å²) in [5.74, 6) is 3.17. The summed E-state index contributed by atoms with van der Waals surface area (Å²) in [5.41, 5.74) is 0.327. The van der Waals surface area contributed by atoms with Crippen LogP contribution in [0.15, 0.2) is 0 Å². The van der Waals surface area contributed by atoms with Gasteiger partial charge in [0, 0.05) is 12.3 Å². The molecule has 12 N–H and O–H groups in total. The number of aliphatic hydroxyl groups excluding tert-OH is 12. The van der Waals surface area contributed by atoms with Gasteiger partial charge in [0.15, 0.2) is 30.9 Å². The van der Waals surface area contributed by atoms with E-state index in [0.717, 1.165) is 58.0 Å². The molecule has 10 rings (SSSR count). The first-order chi connectivity index (χ1) is 34.3. The molecule has 0 aromatic heterocycles. The van der Waals surface area contributed by atoms with E-state index in [1.54, 1.807) is 0 Å². The van der Waals surface area contributed by atoms with Crippen LogP contribution in [0.4, 0.5) is 0 Å². The molecule has 72 heavy (non-hydrogen) atoms. The lowest BCUT2D eigenvalue weighted by Gasteiger charge is -2.61. The highest BCUT2D eigenvalue weighted by atomic mass is 16.8. The maximum absolute atomic E-state index is 11.6. The molecule has 10 aliphatic rings. The number of hydrogen-bond acceptors (Lipinski definition) is 22. The summed E-state index contributed by atoms with van der Waals surface area (Å²) in [5, 5.41) is 129. The van der Waals surface area contributed by atoms with Gasteiger partial charge in [0.2, 0.25) is 0 Å². The quantitative estimate of drug-likeness (QED) is 0.0971. The second-order valence-electron chi connectivity index (χ2n) is 23.9. The van der Waals surface area contributed by atoms with Gasteiger partial charge in [-0.25, -0.2) is 0 Å². The lowest BCUT2D eigenvalue weighted by atomic mass is 9.44. The van der Waals surface area contributed by atoms with E-state index < -0.39 is 149 Å². The highest BCUT2D eigenvalue weighted by Crippen LogP contribution is 2.71. The van der Waals surface area contributed by atoms with Crippen molar-refractivity contribution in [2.24, 2.45) is 52.3 Å². The van der Waals surface area contributed by atoms with Gasteiger partial charge < -0.3 is 109 Å². The minimum atomic E-state index is -2.01. The van der Waals surface area contributed by atoms with Gasteiger partial charge in [0.05, 0.1) is 45.2 Å². The van der Waals surface area contributed by atoms with Gasteiger partial charge >= 0.3 is 0 Å². The predicted octanol–water partition coefficient (Wildman–Crippen LogP) is -2.27. The summed E-state index contributed by atoms with van der Waals surface area (Å²) >= 11 is 0. The summed E-state index contributed by atoms with van der Waals surface area (Å²) in [4.78, 5) is 0. The first-order valence-electron chi connectivity index (χ1n) is 26.7. The third kappa shape index (κ3) is 9.26. The fourth-order valence-corrected chi connectivity index (χ4v) is 15.9. The van der Waals surface area contributed by atoms with Gasteiger partial charge in [0.1, 0.15) is 91.6 Å². The normalized spacial score (nSPS) is 57.8. The van der Waals surface area contributed by atoms with Crippen molar-refractivity contribution in [2.45, 2.75) is 227 Å². The molecule has 6 aliphatic heterocycles. The van der Waals surface area contributed by atoms with Crippen LogP contribution < -0.4 is 0 Å². The Hall–Kier alpha value is -0.880. The Labute approximate surface area is 419 Å². The molecule has 0 amide bonds. The molecule has 4 saturated carbocycles. The monoisotopic (exact) mass is 1030 g/mol. The van der Waals surface area contributed by atoms with Crippen LogP contribution in [0.5, 0.6) is 0 Å². The molecule has 0 unspecified atom stereocenters. The molecule has 0 bridgehead atoms. The predicted molar refractivity (Wildman–Crippen MR) is 242 cm³/mol. The van der Waals surface area contributed by atoms with E-state index >= 15 is 0 Å². The van der Waals surface area contributed by atoms with Crippen LogP contribution in [-0.4, -0.2) is 229 Å². The van der Waals surface area contributed by atoms with E-state index in [1.807, 2.05) is 0 Å². The van der Waals surface area contributed by atoms with Gasteiger partial charge in [0.25, 0.3) is 0 Å². The summed E-state index contributed by atoms with van der Waals surface area (Å²) in [6.07, 6.45) is -22.1. The van der Waals surface area contributed by atoms with Crippen LogP contribution in [-0.2, 0) is 47.4 Å². The van der Waals surface area contributed by atoms with Crippen LogP contribution in [0.3, 0.4) is 0 Å². The van der Waals surface area contributed by atoms with Gasteiger partial charge in [-0.2, -0.15) is 0 Å². The largest absolute Gasteiger partial charge is 0.394 e. The second kappa shape index (κ2) is 21.1. The van der Waals surface area contributed by atoms with Crippen molar-refractivity contribution in [3.8, 4) is 0 Å². The lowest BCUT2D eigenvalue weighted by molar-refractivity contribution is -0.391. The fourth-order valence-electron chi connectivity index (χ4n) is 15.9. The van der Waals surface area contributed by atoms with Gasteiger partial charge in [-0.1, -0.05) is 27.7 Å². The van der Waals surface area contributed by atoms with Gasteiger partial charge in [-0.15, -0.1) is 0 Å². The van der Waals surface area contributed by atoms with E-state index in [2.05, 4.69) is 27.7 Å². The summed E-state index contributed by atoms with van der Waals surface area (Å²) < 4.78 is 60.6. The van der Waals surface area contributed by atoms with Gasteiger partial charge in [-0.05, 0) is 104 Å². The number of ether oxygens (including phenoxy) is 10. The second-order valence-corrected chi connectivity index (χ2v) is 23.9. The highest BCUT2D eigenvalue weighted by Gasteiger charge is 2.69. The van der Waals surface area contributed by atoms with Crippen LogP contribution >= 0.6 is 0 Å². The molecule has 10 fully saturated rings. The SMILES string of the molecule is C[C@@H]1CC[C@@]2(OC1)O[C@H]1C[C@H]3[C@@H]4CC[C@H]5C[C@@H](O[C@@H]6O[C@H](CO)[C@H](O[C@@H]7OC[C@@H](O)[C@H](O)[C@H]7O[C@@H]7O[C@H](CO)[C@@H](O)[C@H](O[C@@H]8O[C@H](CO)[C@@H](O)[C@H](O)[C@H]8O)[C@H]7O)[C@H](O)[C@H]6O)CC[C@]5(C)[C@H]4CC[C@]3(C)[C@H]1[C@@H]2C. The Balaban J connectivity index is 0.765. The molecule has 0 radical (unpaired) electrons. The Morgan fingerprint density at radius 1 is 0.514 bits per heavy atom. The molecule has 4 aliphatic carbocycles. The van der Waals surface area contributed by atoms with Crippen LogP contribution in [0, 0.1) is 52.3 Å². The Morgan fingerprint density at radius 2 is 1.14 bits per heavy atom.